The van der Waals surface area contributed by atoms with Crippen LogP contribution in [0.15, 0.2) is 5.16 Å². The fourth-order valence-electron chi connectivity index (χ4n) is 1.28. The number of thioether (sulfide) groups is 1. The zero-order valence-corrected chi connectivity index (χ0v) is 11.0. The first kappa shape index (κ1) is 13.5. The van der Waals surface area contributed by atoms with Crippen LogP contribution in [0.5, 0.6) is 0 Å². The van der Waals surface area contributed by atoms with Gasteiger partial charge in [-0.15, -0.1) is 10.2 Å². The maximum absolute atomic E-state index is 5.62. The molecule has 1 heterocycles. The van der Waals surface area contributed by atoms with Crippen LogP contribution in [0.4, 0.5) is 0 Å². The van der Waals surface area contributed by atoms with Crippen LogP contribution in [-0.2, 0) is 17.8 Å². The summed E-state index contributed by atoms with van der Waals surface area (Å²) < 4.78 is 7.29. The summed E-state index contributed by atoms with van der Waals surface area (Å²) in [5.41, 5.74) is 5.62. The molecule has 1 unspecified atom stereocenters. The van der Waals surface area contributed by atoms with Crippen molar-refractivity contribution >= 4 is 11.8 Å². The van der Waals surface area contributed by atoms with Crippen molar-refractivity contribution in [1.29, 1.82) is 0 Å². The highest BCUT2D eigenvalue weighted by molar-refractivity contribution is 7.99. The fourth-order valence-corrected chi connectivity index (χ4v) is 2.26. The van der Waals surface area contributed by atoms with Gasteiger partial charge in [-0.25, -0.2) is 0 Å². The van der Waals surface area contributed by atoms with Crippen LogP contribution < -0.4 is 5.73 Å². The van der Waals surface area contributed by atoms with Crippen molar-refractivity contribution < 1.29 is 4.74 Å². The molecule has 6 heteroatoms. The van der Waals surface area contributed by atoms with Crippen molar-refractivity contribution in [1.82, 2.24) is 14.8 Å². The largest absolute Gasteiger partial charge is 0.381 e. The van der Waals surface area contributed by atoms with Crippen LogP contribution >= 0.6 is 11.8 Å². The summed E-state index contributed by atoms with van der Waals surface area (Å²) in [5.74, 6) is 1.73. The number of methoxy groups -OCH3 is 1. The first-order chi connectivity index (χ1) is 7.72. The van der Waals surface area contributed by atoms with Gasteiger partial charge >= 0.3 is 0 Å². The molecular formula is C10H20N4OS. The summed E-state index contributed by atoms with van der Waals surface area (Å²) in [4.78, 5) is 0. The zero-order valence-electron chi connectivity index (χ0n) is 10.1. The summed E-state index contributed by atoms with van der Waals surface area (Å²) in [6.07, 6.45) is 1.27. The number of hydrogen-bond acceptors (Lipinski definition) is 5. The third kappa shape index (κ3) is 3.47. The summed E-state index contributed by atoms with van der Waals surface area (Å²) in [7, 11) is 1.72. The molecule has 0 aromatic carbocycles. The van der Waals surface area contributed by atoms with Gasteiger partial charge in [0.1, 0.15) is 5.82 Å². The molecular weight excluding hydrogens is 224 g/mol. The second kappa shape index (κ2) is 6.88. The minimum absolute atomic E-state index is 0.220. The number of nitrogens with two attached hydrogens (primary N) is 1. The van der Waals surface area contributed by atoms with Crippen LogP contribution in [0.3, 0.4) is 0 Å². The van der Waals surface area contributed by atoms with E-state index in [1.165, 1.54) is 0 Å². The van der Waals surface area contributed by atoms with Crippen LogP contribution in [0.25, 0.3) is 0 Å². The highest BCUT2D eigenvalue weighted by Crippen LogP contribution is 2.18. The number of ether oxygens (including phenoxy) is 1. The molecule has 0 spiro atoms. The van der Waals surface area contributed by atoms with E-state index in [-0.39, 0.29) is 6.10 Å². The Kier molecular flexibility index (Phi) is 5.79. The van der Waals surface area contributed by atoms with E-state index < -0.39 is 0 Å². The van der Waals surface area contributed by atoms with Gasteiger partial charge < -0.3 is 15.0 Å². The second-order valence-corrected chi connectivity index (χ2v) is 4.60. The fraction of sp³-hybridized carbons (Fsp3) is 0.800. The predicted molar refractivity (Wildman–Crippen MR) is 65.4 cm³/mol. The van der Waals surface area contributed by atoms with Gasteiger partial charge in [-0.1, -0.05) is 18.7 Å². The third-order valence-electron chi connectivity index (χ3n) is 2.27. The van der Waals surface area contributed by atoms with E-state index in [0.29, 0.717) is 6.54 Å². The molecule has 1 aromatic rings. The maximum Gasteiger partial charge on any atom is 0.191 e. The average molecular weight is 244 g/mol. The number of hydrogen-bond donors (Lipinski definition) is 1. The molecule has 1 rings (SSSR count). The SMILES string of the molecule is CCCn1c(CN)nnc1SCC(C)OC. The first-order valence-electron chi connectivity index (χ1n) is 5.50. The topological polar surface area (TPSA) is 66.0 Å². The van der Waals surface area contributed by atoms with Gasteiger partial charge in [0.2, 0.25) is 0 Å². The van der Waals surface area contributed by atoms with Gasteiger partial charge in [-0.05, 0) is 13.3 Å². The molecule has 0 aliphatic heterocycles. The molecule has 1 atom stereocenters. The monoisotopic (exact) mass is 244 g/mol. The van der Waals surface area contributed by atoms with E-state index in [9.17, 15) is 0 Å². The first-order valence-corrected chi connectivity index (χ1v) is 6.49. The van der Waals surface area contributed by atoms with E-state index in [0.717, 1.165) is 29.7 Å². The van der Waals surface area contributed by atoms with Crippen molar-refractivity contribution in [3.8, 4) is 0 Å². The van der Waals surface area contributed by atoms with Crippen LogP contribution in [-0.4, -0.2) is 33.7 Å². The maximum atomic E-state index is 5.62. The number of aromatic nitrogens is 3. The molecule has 0 aliphatic carbocycles. The highest BCUT2D eigenvalue weighted by Gasteiger charge is 2.11. The van der Waals surface area contributed by atoms with Gasteiger partial charge in [0, 0.05) is 19.4 Å². The molecule has 0 amide bonds. The van der Waals surface area contributed by atoms with E-state index >= 15 is 0 Å². The molecule has 5 nitrogen and oxygen atoms in total. The quantitative estimate of drug-likeness (QED) is 0.732. The molecule has 92 valence electrons. The summed E-state index contributed by atoms with van der Waals surface area (Å²) in [6, 6.07) is 0. The lowest BCUT2D eigenvalue weighted by atomic mass is 10.4. The van der Waals surface area contributed by atoms with E-state index in [1.54, 1.807) is 18.9 Å². The smallest absolute Gasteiger partial charge is 0.191 e. The molecule has 0 radical (unpaired) electrons. The molecule has 0 fully saturated rings. The lowest BCUT2D eigenvalue weighted by Crippen LogP contribution is -2.11. The lowest BCUT2D eigenvalue weighted by molar-refractivity contribution is 0.137. The predicted octanol–water partition coefficient (Wildman–Crippen LogP) is 1.27. The van der Waals surface area contributed by atoms with Crippen LogP contribution in [0.2, 0.25) is 0 Å². The lowest BCUT2D eigenvalue weighted by Gasteiger charge is -2.10. The van der Waals surface area contributed by atoms with E-state index in [4.69, 9.17) is 10.5 Å². The molecule has 2 N–H and O–H groups in total. The Labute approximate surface area is 101 Å². The average Bonchev–Trinajstić information content (AvgIpc) is 2.69. The van der Waals surface area contributed by atoms with Crippen molar-refractivity contribution in [2.75, 3.05) is 12.9 Å². The van der Waals surface area contributed by atoms with E-state index in [2.05, 4.69) is 21.7 Å². The third-order valence-corrected chi connectivity index (χ3v) is 3.47. The van der Waals surface area contributed by atoms with Crippen molar-refractivity contribution in [2.24, 2.45) is 5.73 Å². The van der Waals surface area contributed by atoms with E-state index in [1.807, 2.05) is 6.92 Å². The van der Waals surface area contributed by atoms with Gasteiger partial charge in [0.25, 0.3) is 0 Å². The Balaban J connectivity index is 2.67. The normalized spacial score (nSPS) is 13.0. The molecule has 1 aromatic heterocycles. The van der Waals surface area contributed by atoms with Gasteiger partial charge in [-0.3, -0.25) is 0 Å². The van der Waals surface area contributed by atoms with Crippen molar-refractivity contribution in [3.63, 3.8) is 0 Å². The van der Waals surface area contributed by atoms with Crippen LogP contribution in [0, 0.1) is 0 Å². The van der Waals surface area contributed by atoms with Crippen LogP contribution in [0.1, 0.15) is 26.1 Å². The molecule has 0 saturated heterocycles. The standard InChI is InChI=1S/C10H20N4OS/c1-4-5-14-9(6-11)12-13-10(14)16-7-8(2)15-3/h8H,4-7,11H2,1-3H3. The highest BCUT2D eigenvalue weighted by atomic mass is 32.2. The Hall–Kier alpha value is -0.590. The summed E-state index contributed by atoms with van der Waals surface area (Å²) in [5, 5.41) is 9.17. The Morgan fingerprint density at radius 1 is 1.50 bits per heavy atom. The number of rotatable bonds is 7. The second-order valence-electron chi connectivity index (χ2n) is 3.61. The summed E-state index contributed by atoms with van der Waals surface area (Å²) >= 11 is 1.66. The van der Waals surface area contributed by atoms with Crippen molar-refractivity contribution in [3.05, 3.63) is 5.82 Å². The Morgan fingerprint density at radius 2 is 2.25 bits per heavy atom. The minimum atomic E-state index is 0.220. The van der Waals surface area contributed by atoms with Gasteiger partial charge in [0.05, 0.1) is 12.6 Å². The molecule has 0 bridgehead atoms. The van der Waals surface area contributed by atoms with Gasteiger partial charge in [-0.2, -0.15) is 0 Å². The van der Waals surface area contributed by atoms with Crippen molar-refractivity contribution in [2.45, 2.75) is 44.6 Å². The molecule has 0 saturated carbocycles. The molecule has 0 aliphatic rings. The summed E-state index contributed by atoms with van der Waals surface area (Å²) in [6.45, 7) is 5.53. The zero-order chi connectivity index (χ0) is 12.0. The Bertz CT molecular complexity index is 316. The minimum Gasteiger partial charge on any atom is -0.381 e. The Morgan fingerprint density at radius 3 is 2.81 bits per heavy atom. The van der Waals surface area contributed by atoms with Gasteiger partial charge in [0.15, 0.2) is 5.16 Å². The number of nitrogens with zero attached hydrogens (tertiary/aromatic N) is 3. The molecule has 16 heavy (non-hydrogen) atoms.